The molecule has 0 atom stereocenters. The number of hydrogen-bond acceptors (Lipinski definition) is 8. The van der Waals surface area contributed by atoms with Gasteiger partial charge in [0.05, 0.1) is 30.4 Å². The second-order valence-electron chi connectivity index (χ2n) is 4.75. The maximum Gasteiger partial charge on any atom is 0.355 e. The highest BCUT2D eigenvalue weighted by Gasteiger charge is 2.28. The minimum Gasteiger partial charge on any atom is -0.502 e. The zero-order chi connectivity index (χ0) is 18.6. The van der Waals surface area contributed by atoms with Crippen molar-refractivity contribution >= 4 is 23.3 Å². The van der Waals surface area contributed by atoms with Crippen LogP contribution in [-0.4, -0.2) is 36.2 Å². The summed E-state index contributed by atoms with van der Waals surface area (Å²) >= 11 is 0. The molecular formula is C16H14N2O7. The highest BCUT2D eigenvalue weighted by molar-refractivity contribution is 6.05. The fourth-order valence-corrected chi connectivity index (χ4v) is 2.17. The SMILES string of the molecule is COC(=O)C1=C(C(=O)OC)N(c2ccc(O)c([N+](=O)[O-])c2)C=CC=C1. The van der Waals surface area contributed by atoms with E-state index in [1.54, 1.807) is 0 Å². The van der Waals surface area contributed by atoms with E-state index < -0.39 is 28.3 Å². The number of ether oxygens (including phenoxy) is 2. The molecule has 0 saturated carbocycles. The number of hydrogen-bond donors (Lipinski definition) is 1. The molecule has 0 saturated heterocycles. The number of carbonyl (C=O) groups excluding carboxylic acids is 2. The van der Waals surface area contributed by atoms with Gasteiger partial charge in [0.25, 0.3) is 0 Å². The average molecular weight is 346 g/mol. The van der Waals surface area contributed by atoms with Crippen molar-refractivity contribution < 1.29 is 29.1 Å². The van der Waals surface area contributed by atoms with Crippen molar-refractivity contribution in [3.8, 4) is 5.75 Å². The van der Waals surface area contributed by atoms with Crippen LogP contribution < -0.4 is 4.90 Å². The van der Waals surface area contributed by atoms with Gasteiger partial charge in [0.1, 0.15) is 5.70 Å². The molecule has 0 radical (unpaired) electrons. The Morgan fingerprint density at radius 1 is 1.16 bits per heavy atom. The number of rotatable bonds is 4. The lowest BCUT2D eigenvalue weighted by Gasteiger charge is -2.22. The van der Waals surface area contributed by atoms with Gasteiger partial charge in [-0.15, -0.1) is 0 Å². The van der Waals surface area contributed by atoms with E-state index in [2.05, 4.69) is 4.74 Å². The van der Waals surface area contributed by atoms with Crippen molar-refractivity contribution in [2.75, 3.05) is 19.1 Å². The Morgan fingerprint density at radius 3 is 2.44 bits per heavy atom. The van der Waals surface area contributed by atoms with Crippen LogP contribution in [0.3, 0.4) is 0 Å². The van der Waals surface area contributed by atoms with Gasteiger partial charge < -0.3 is 19.5 Å². The molecule has 9 nitrogen and oxygen atoms in total. The highest BCUT2D eigenvalue weighted by atomic mass is 16.6. The monoisotopic (exact) mass is 346 g/mol. The van der Waals surface area contributed by atoms with Crippen LogP contribution in [0.15, 0.2) is 53.9 Å². The number of nitro groups is 1. The average Bonchev–Trinajstić information content (AvgIpc) is 2.83. The lowest BCUT2D eigenvalue weighted by Crippen LogP contribution is -2.27. The molecule has 0 bridgehead atoms. The van der Waals surface area contributed by atoms with Gasteiger partial charge in [0.2, 0.25) is 0 Å². The molecule has 0 unspecified atom stereocenters. The van der Waals surface area contributed by atoms with Crippen LogP contribution >= 0.6 is 0 Å². The molecule has 1 aromatic rings. The summed E-state index contributed by atoms with van der Waals surface area (Å²) in [4.78, 5) is 35.8. The number of nitrogens with zero attached hydrogens (tertiary/aromatic N) is 2. The fraction of sp³-hybridized carbons (Fsp3) is 0.125. The Hall–Kier alpha value is -3.62. The van der Waals surface area contributed by atoms with Crippen LogP contribution in [0, 0.1) is 10.1 Å². The molecule has 0 aromatic heterocycles. The Labute approximate surface area is 142 Å². The quantitative estimate of drug-likeness (QED) is 0.498. The molecule has 9 heteroatoms. The van der Waals surface area contributed by atoms with Gasteiger partial charge in [-0.2, -0.15) is 0 Å². The smallest absolute Gasteiger partial charge is 0.355 e. The molecule has 1 aliphatic rings. The van der Waals surface area contributed by atoms with Gasteiger partial charge >= 0.3 is 17.6 Å². The third kappa shape index (κ3) is 3.50. The summed E-state index contributed by atoms with van der Waals surface area (Å²) < 4.78 is 9.40. The zero-order valence-corrected chi connectivity index (χ0v) is 13.3. The summed E-state index contributed by atoms with van der Waals surface area (Å²) in [6, 6.07) is 3.55. The van der Waals surface area contributed by atoms with Crippen LogP contribution in [0.5, 0.6) is 5.75 Å². The molecule has 0 fully saturated rings. The van der Waals surface area contributed by atoms with Crippen molar-refractivity contribution in [2.45, 2.75) is 0 Å². The summed E-state index contributed by atoms with van der Waals surface area (Å²) in [6.45, 7) is 0. The number of allylic oxidation sites excluding steroid dienone is 2. The normalized spacial score (nSPS) is 13.4. The van der Waals surface area contributed by atoms with Gasteiger partial charge in [-0.25, -0.2) is 9.59 Å². The van der Waals surface area contributed by atoms with Gasteiger partial charge in [-0.05, 0) is 24.3 Å². The zero-order valence-electron chi connectivity index (χ0n) is 13.3. The highest BCUT2D eigenvalue weighted by Crippen LogP contribution is 2.33. The Balaban J connectivity index is 2.69. The molecule has 130 valence electrons. The van der Waals surface area contributed by atoms with Gasteiger partial charge in [0.15, 0.2) is 5.75 Å². The van der Waals surface area contributed by atoms with E-state index in [4.69, 9.17) is 4.74 Å². The number of phenols is 1. The van der Waals surface area contributed by atoms with Gasteiger partial charge in [-0.3, -0.25) is 10.1 Å². The summed E-state index contributed by atoms with van der Waals surface area (Å²) in [6.07, 6.45) is 5.82. The number of phenolic OH excluding ortho intramolecular Hbond substituents is 1. The lowest BCUT2D eigenvalue weighted by atomic mass is 10.1. The minimum absolute atomic E-state index is 0.0879. The van der Waals surface area contributed by atoms with E-state index in [1.165, 1.54) is 35.4 Å². The molecule has 2 rings (SSSR count). The molecule has 25 heavy (non-hydrogen) atoms. The topological polar surface area (TPSA) is 119 Å². The first-order valence-electron chi connectivity index (χ1n) is 6.93. The third-order valence-electron chi connectivity index (χ3n) is 3.32. The molecule has 1 heterocycles. The van der Waals surface area contributed by atoms with E-state index in [9.17, 15) is 24.8 Å². The molecule has 0 amide bonds. The second-order valence-corrected chi connectivity index (χ2v) is 4.75. The van der Waals surface area contributed by atoms with Crippen LogP contribution in [0.1, 0.15) is 0 Å². The fourth-order valence-electron chi connectivity index (χ4n) is 2.17. The van der Waals surface area contributed by atoms with Crippen molar-refractivity contribution in [3.05, 3.63) is 64.0 Å². The lowest BCUT2D eigenvalue weighted by molar-refractivity contribution is -0.385. The second kappa shape index (κ2) is 7.30. The predicted molar refractivity (Wildman–Crippen MR) is 86.6 cm³/mol. The maximum atomic E-state index is 12.2. The molecule has 1 aliphatic heterocycles. The van der Waals surface area contributed by atoms with Crippen molar-refractivity contribution in [3.63, 3.8) is 0 Å². The first kappa shape index (κ1) is 17.7. The predicted octanol–water partition coefficient (Wildman–Crippen LogP) is 1.79. The number of nitro benzene ring substituents is 1. The number of benzene rings is 1. The summed E-state index contributed by atoms with van der Waals surface area (Å²) in [5.41, 5.74) is -0.646. The van der Waals surface area contributed by atoms with Crippen molar-refractivity contribution in [1.29, 1.82) is 0 Å². The third-order valence-corrected chi connectivity index (χ3v) is 3.32. The Bertz CT molecular complexity index is 824. The first-order valence-corrected chi connectivity index (χ1v) is 6.93. The molecule has 0 spiro atoms. The van der Waals surface area contributed by atoms with Crippen LogP contribution in [0.25, 0.3) is 0 Å². The van der Waals surface area contributed by atoms with Crippen molar-refractivity contribution in [1.82, 2.24) is 0 Å². The number of aromatic hydroxyl groups is 1. The number of methoxy groups -OCH3 is 2. The molecule has 1 aromatic carbocycles. The largest absolute Gasteiger partial charge is 0.502 e. The van der Waals surface area contributed by atoms with E-state index in [0.717, 1.165) is 26.4 Å². The Kier molecular flexibility index (Phi) is 5.18. The van der Waals surface area contributed by atoms with E-state index >= 15 is 0 Å². The molecule has 0 aliphatic carbocycles. The van der Waals surface area contributed by atoms with E-state index in [-0.39, 0.29) is 17.0 Å². The van der Waals surface area contributed by atoms with Crippen molar-refractivity contribution in [2.24, 2.45) is 0 Å². The maximum absolute atomic E-state index is 12.2. The Morgan fingerprint density at radius 2 is 1.84 bits per heavy atom. The van der Waals surface area contributed by atoms with Crippen LogP contribution in [0.2, 0.25) is 0 Å². The summed E-state index contributed by atoms with van der Waals surface area (Å²) in [7, 11) is 2.30. The van der Waals surface area contributed by atoms with E-state index in [0.29, 0.717) is 0 Å². The van der Waals surface area contributed by atoms with Gasteiger partial charge in [-0.1, -0.05) is 6.08 Å². The first-order chi connectivity index (χ1) is 11.9. The number of esters is 2. The summed E-state index contributed by atoms with van der Waals surface area (Å²) in [5, 5.41) is 20.6. The molecular weight excluding hydrogens is 332 g/mol. The van der Waals surface area contributed by atoms with Crippen LogP contribution in [-0.2, 0) is 19.1 Å². The standard InChI is InChI=1S/C16H14N2O7/c1-24-15(20)11-5-3-4-8-17(14(11)16(21)25-2)10-6-7-13(19)12(9-10)18(22)23/h3-9,19H,1-2H3. The minimum atomic E-state index is -0.840. The number of anilines is 1. The van der Waals surface area contributed by atoms with Gasteiger partial charge in [0, 0.05) is 12.3 Å². The van der Waals surface area contributed by atoms with Crippen LogP contribution in [0.4, 0.5) is 11.4 Å². The molecule has 1 N–H and O–H groups in total. The number of carbonyl (C=O) groups is 2. The van der Waals surface area contributed by atoms with E-state index in [1.807, 2.05) is 0 Å². The summed E-state index contributed by atoms with van der Waals surface area (Å²) in [5.74, 6) is -2.14.